The normalized spacial score (nSPS) is 12.0. The Kier molecular flexibility index (Phi) is 5.87. The largest absolute Gasteiger partial charge is 0.287 e. The van der Waals surface area contributed by atoms with Gasteiger partial charge in [0.2, 0.25) is 5.78 Å². The zero-order chi connectivity index (χ0) is 21.2. The van der Waals surface area contributed by atoms with Gasteiger partial charge in [-0.25, -0.2) is 18.4 Å². The predicted octanol–water partition coefficient (Wildman–Crippen LogP) is 4.63. The molecule has 3 rings (SSSR count). The lowest BCUT2D eigenvalue weighted by Crippen LogP contribution is -2.13. The van der Waals surface area contributed by atoms with Crippen molar-refractivity contribution in [2.45, 2.75) is 36.8 Å². The fourth-order valence-electron chi connectivity index (χ4n) is 2.90. The summed E-state index contributed by atoms with van der Waals surface area (Å²) in [6.45, 7) is 6.19. The summed E-state index contributed by atoms with van der Waals surface area (Å²) in [5, 5.41) is 0.345. The van der Waals surface area contributed by atoms with Crippen LogP contribution in [0.3, 0.4) is 0 Å². The molecule has 0 aliphatic rings. The molecule has 0 saturated heterocycles. The first-order chi connectivity index (χ1) is 13.6. The molecule has 7 heteroatoms. The molecular weight excluding hydrogens is 408 g/mol. The summed E-state index contributed by atoms with van der Waals surface area (Å²) in [7, 11) is -3.65. The molecule has 0 aliphatic carbocycles. The molecule has 150 valence electrons. The quantitative estimate of drug-likeness (QED) is 0.553. The van der Waals surface area contributed by atoms with Crippen molar-refractivity contribution in [1.29, 1.82) is 0 Å². The zero-order valence-electron chi connectivity index (χ0n) is 16.4. The molecule has 2 aromatic carbocycles. The van der Waals surface area contributed by atoms with Gasteiger partial charge in [-0.05, 0) is 46.9 Å². The Morgan fingerprint density at radius 2 is 1.72 bits per heavy atom. The number of benzene rings is 2. The minimum Gasteiger partial charge on any atom is -0.287 e. The maximum atomic E-state index is 13.0. The maximum Gasteiger partial charge on any atom is 0.211 e. The SMILES string of the molecule is CC(C)(C)c1ccc(S(=O)(=O)Cc2ccc(Cl)cc2C(=O)c2ccncn2)cc1. The number of sulfone groups is 1. The van der Waals surface area contributed by atoms with Gasteiger partial charge in [0.05, 0.1) is 10.6 Å². The minimum absolute atomic E-state index is 0.0738. The predicted molar refractivity (Wildman–Crippen MR) is 113 cm³/mol. The topological polar surface area (TPSA) is 77.0 Å². The van der Waals surface area contributed by atoms with Crippen molar-refractivity contribution in [2.75, 3.05) is 0 Å². The van der Waals surface area contributed by atoms with Crippen molar-refractivity contribution in [3.8, 4) is 0 Å². The average Bonchev–Trinajstić information content (AvgIpc) is 2.69. The highest BCUT2D eigenvalue weighted by molar-refractivity contribution is 7.90. The van der Waals surface area contributed by atoms with Crippen molar-refractivity contribution in [3.63, 3.8) is 0 Å². The molecular formula is C22H21ClN2O3S. The number of carbonyl (C=O) groups excluding carboxylic acids is 1. The van der Waals surface area contributed by atoms with Crippen molar-refractivity contribution >= 4 is 27.2 Å². The first-order valence-corrected chi connectivity index (χ1v) is 11.0. The summed E-state index contributed by atoms with van der Waals surface area (Å²) in [5.74, 6) is -0.714. The summed E-state index contributed by atoms with van der Waals surface area (Å²) in [6.07, 6.45) is 2.73. The van der Waals surface area contributed by atoms with E-state index in [1.54, 1.807) is 24.3 Å². The van der Waals surface area contributed by atoms with Crippen LogP contribution in [0.5, 0.6) is 0 Å². The summed E-state index contributed by atoms with van der Waals surface area (Å²) >= 11 is 6.06. The monoisotopic (exact) mass is 428 g/mol. The summed E-state index contributed by atoms with van der Waals surface area (Å²) < 4.78 is 26.0. The van der Waals surface area contributed by atoms with Crippen molar-refractivity contribution in [3.05, 3.63) is 88.5 Å². The molecule has 5 nitrogen and oxygen atoms in total. The van der Waals surface area contributed by atoms with Crippen LogP contribution in [0.25, 0.3) is 0 Å². The van der Waals surface area contributed by atoms with E-state index in [1.165, 1.54) is 24.7 Å². The third-order valence-electron chi connectivity index (χ3n) is 4.56. The third kappa shape index (κ3) is 4.89. The first-order valence-electron chi connectivity index (χ1n) is 9.00. The second kappa shape index (κ2) is 8.05. The van der Waals surface area contributed by atoms with E-state index in [1.807, 2.05) is 12.1 Å². The van der Waals surface area contributed by atoms with E-state index in [-0.39, 0.29) is 27.3 Å². The molecule has 0 amide bonds. The van der Waals surface area contributed by atoms with Crippen LogP contribution in [0.15, 0.2) is 66.0 Å². The molecule has 0 radical (unpaired) electrons. The van der Waals surface area contributed by atoms with Gasteiger partial charge in [-0.2, -0.15) is 0 Å². The van der Waals surface area contributed by atoms with E-state index >= 15 is 0 Å². The van der Waals surface area contributed by atoms with Gasteiger partial charge in [-0.15, -0.1) is 0 Å². The Morgan fingerprint density at radius 1 is 1.03 bits per heavy atom. The number of hydrogen-bond donors (Lipinski definition) is 0. The van der Waals surface area contributed by atoms with Crippen LogP contribution in [-0.4, -0.2) is 24.2 Å². The van der Waals surface area contributed by atoms with Gasteiger partial charge in [0.25, 0.3) is 0 Å². The molecule has 0 atom stereocenters. The first kappa shape index (κ1) is 21.1. The maximum absolute atomic E-state index is 13.0. The van der Waals surface area contributed by atoms with Gasteiger partial charge in [-0.1, -0.05) is 50.6 Å². The van der Waals surface area contributed by atoms with Crippen LogP contribution >= 0.6 is 11.6 Å². The number of aromatic nitrogens is 2. The summed E-state index contributed by atoms with van der Waals surface area (Å²) in [4.78, 5) is 20.8. The van der Waals surface area contributed by atoms with E-state index in [2.05, 4.69) is 30.7 Å². The molecule has 3 aromatic rings. The molecule has 0 N–H and O–H groups in total. The molecule has 1 aromatic heterocycles. The van der Waals surface area contributed by atoms with E-state index < -0.39 is 15.6 Å². The summed E-state index contributed by atoms with van der Waals surface area (Å²) in [5.41, 5.74) is 1.73. The van der Waals surface area contributed by atoms with E-state index in [0.29, 0.717) is 10.6 Å². The van der Waals surface area contributed by atoms with Crippen molar-refractivity contribution in [2.24, 2.45) is 0 Å². The molecule has 0 unspecified atom stereocenters. The number of halogens is 1. The Morgan fingerprint density at radius 3 is 2.31 bits per heavy atom. The Balaban J connectivity index is 1.96. The minimum atomic E-state index is -3.65. The van der Waals surface area contributed by atoms with Gasteiger partial charge in [0.1, 0.15) is 12.0 Å². The molecule has 0 fully saturated rings. The zero-order valence-corrected chi connectivity index (χ0v) is 18.0. The molecule has 29 heavy (non-hydrogen) atoms. The second-order valence-electron chi connectivity index (χ2n) is 7.76. The smallest absolute Gasteiger partial charge is 0.211 e. The number of ketones is 1. The van der Waals surface area contributed by atoms with Crippen molar-refractivity contribution in [1.82, 2.24) is 9.97 Å². The molecule has 1 heterocycles. The van der Waals surface area contributed by atoms with Crippen LogP contribution in [0, 0.1) is 0 Å². The molecule has 0 bridgehead atoms. The summed E-state index contributed by atoms with van der Waals surface area (Å²) in [6, 6.07) is 13.0. The van der Waals surface area contributed by atoms with Gasteiger partial charge < -0.3 is 0 Å². The van der Waals surface area contributed by atoms with E-state index in [9.17, 15) is 13.2 Å². The Hall–Kier alpha value is -2.57. The lowest BCUT2D eigenvalue weighted by atomic mass is 9.87. The lowest BCUT2D eigenvalue weighted by molar-refractivity contribution is 0.103. The van der Waals surface area contributed by atoms with Crippen LogP contribution in [0.4, 0.5) is 0 Å². The van der Waals surface area contributed by atoms with Crippen LogP contribution in [0.2, 0.25) is 5.02 Å². The van der Waals surface area contributed by atoms with Crippen LogP contribution in [0.1, 0.15) is 48.0 Å². The van der Waals surface area contributed by atoms with Crippen molar-refractivity contribution < 1.29 is 13.2 Å². The Bertz CT molecular complexity index is 1140. The fraction of sp³-hybridized carbons (Fsp3) is 0.227. The number of hydrogen-bond acceptors (Lipinski definition) is 5. The number of rotatable bonds is 5. The number of carbonyl (C=O) groups is 1. The molecule has 0 spiro atoms. The van der Waals surface area contributed by atoms with E-state index in [4.69, 9.17) is 11.6 Å². The highest BCUT2D eigenvalue weighted by Gasteiger charge is 2.22. The van der Waals surface area contributed by atoms with Crippen LogP contribution in [-0.2, 0) is 21.0 Å². The van der Waals surface area contributed by atoms with Gasteiger partial charge >= 0.3 is 0 Å². The second-order valence-corrected chi connectivity index (χ2v) is 10.2. The number of nitrogens with zero attached hydrogens (tertiary/aromatic N) is 2. The van der Waals surface area contributed by atoms with Gasteiger partial charge in [-0.3, -0.25) is 4.79 Å². The fourth-order valence-corrected chi connectivity index (χ4v) is 4.45. The van der Waals surface area contributed by atoms with Crippen LogP contribution < -0.4 is 0 Å². The molecule has 0 aliphatic heterocycles. The lowest BCUT2D eigenvalue weighted by Gasteiger charge is -2.19. The highest BCUT2D eigenvalue weighted by Crippen LogP contribution is 2.26. The molecule has 0 saturated carbocycles. The average molecular weight is 429 g/mol. The third-order valence-corrected chi connectivity index (χ3v) is 6.47. The Labute approximate surface area is 175 Å². The van der Waals surface area contributed by atoms with Gasteiger partial charge in [0.15, 0.2) is 9.84 Å². The standard InChI is InChI=1S/C22H21ClN2O3S/c1-22(2,3)16-5-8-18(9-6-16)29(27,28)13-15-4-7-17(23)12-19(15)21(26)20-10-11-24-14-25-20/h4-12,14H,13H2,1-3H3. The highest BCUT2D eigenvalue weighted by atomic mass is 35.5. The van der Waals surface area contributed by atoms with E-state index in [0.717, 1.165) is 5.56 Å². The van der Waals surface area contributed by atoms with Gasteiger partial charge in [0, 0.05) is 16.8 Å².